The Hall–Kier alpha value is -2.74. The predicted molar refractivity (Wildman–Crippen MR) is 99.3 cm³/mol. The number of terminal acetylenes is 1. The first kappa shape index (κ1) is 17.0. The zero-order valence-corrected chi connectivity index (χ0v) is 15.9. The number of H-pyrrole nitrogens is 1. The van der Waals surface area contributed by atoms with Gasteiger partial charge in [0.25, 0.3) is 5.56 Å². The van der Waals surface area contributed by atoms with E-state index in [9.17, 15) is 19.3 Å². The maximum atomic E-state index is 15.7. The molecule has 2 N–H and O–H groups in total. The van der Waals surface area contributed by atoms with Gasteiger partial charge in [-0.15, -0.1) is 6.42 Å². The molecule has 10 nitrogen and oxygen atoms in total. The van der Waals surface area contributed by atoms with E-state index in [2.05, 4.69) is 0 Å². The molecule has 0 saturated carbocycles. The highest BCUT2D eigenvalue weighted by atomic mass is 31.2. The van der Waals surface area contributed by atoms with Gasteiger partial charge in [0.2, 0.25) is 5.85 Å². The fourth-order valence-electron chi connectivity index (χ4n) is 2.80. The van der Waals surface area contributed by atoms with E-state index in [1.165, 1.54) is 6.07 Å². The molecular weight excluding hydrogens is 422 g/mol. The summed E-state index contributed by atoms with van der Waals surface area (Å²) >= 11 is 0. The number of halogens is 1. The van der Waals surface area contributed by atoms with Gasteiger partial charge >= 0.3 is 13.5 Å². The van der Waals surface area contributed by atoms with Crippen LogP contribution in [0.3, 0.4) is 0 Å². The van der Waals surface area contributed by atoms with Crippen molar-refractivity contribution < 1.29 is 36.5 Å². The minimum absolute atomic E-state index is 0.0691. The van der Waals surface area contributed by atoms with Crippen LogP contribution in [0, 0.1) is 12.3 Å². The number of aromatic nitrogens is 2. The fourth-order valence-corrected chi connectivity index (χ4v) is 3.90. The van der Waals surface area contributed by atoms with Gasteiger partial charge in [0.05, 0.1) is 10.7 Å². The molecular formula is C18H16FN2O8P. The number of fused-ring (bicyclic) bond motifs is 1. The second-order valence-corrected chi connectivity index (χ2v) is 7.84. The van der Waals surface area contributed by atoms with Crippen LogP contribution in [0.2, 0.25) is 0 Å². The number of para-hydroxylation sites is 1. The summed E-state index contributed by atoms with van der Waals surface area (Å²) < 4.78 is 72.8. The van der Waals surface area contributed by atoms with Crippen molar-refractivity contribution in [3.8, 4) is 18.1 Å². The van der Waals surface area contributed by atoms with Crippen molar-refractivity contribution in [3.05, 3.63) is 62.4 Å². The molecule has 12 heteroatoms. The van der Waals surface area contributed by atoms with E-state index in [0.29, 0.717) is 16.3 Å². The van der Waals surface area contributed by atoms with Gasteiger partial charge in [0.1, 0.15) is 24.0 Å². The quantitative estimate of drug-likeness (QED) is 0.535. The Morgan fingerprint density at radius 1 is 1.53 bits per heavy atom. The smallest absolute Gasteiger partial charge is 0.404 e. The Kier molecular flexibility index (Phi) is 4.25. The first-order valence-electron chi connectivity index (χ1n) is 9.96. The van der Waals surface area contributed by atoms with Crippen molar-refractivity contribution in [3.63, 3.8) is 0 Å². The normalized spacial score (nSPS) is 34.7. The molecule has 1 aromatic carbocycles. The van der Waals surface area contributed by atoms with Crippen LogP contribution in [0.15, 0.2) is 40.1 Å². The van der Waals surface area contributed by atoms with Crippen LogP contribution >= 0.6 is 7.82 Å². The SMILES string of the molecule is [2H]C([2H])(OP1(=O)OCc2ccccc2O1)[C@]1(F)C[C@@H](O)[C@]([2H])(n2cc(C#C)c(=O)[nH]c2=O)O1. The van der Waals surface area contributed by atoms with Crippen molar-refractivity contribution >= 4 is 7.82 Å². The van der Waals surface area contributed by atoms with Gasteiger partial charge in [-0.3, -0.25) is 23.4 Å². The maximum absolute atomic E-state index is 15.7. The standard InChI is InChI=1S/C18H16FN2O8P/c1-2-11-8-21(17(24)20-15(11)23)16-13(22)7-18(19,28-16)10-27-30(25)26-9-12-5-3-4-6-14(12)29-30/h1,3-6,8,13,16,22H,7,9-10H2,(H,20,23,24)/t13-,16-,18+,30?/m1/s1/i10D2,16D. The molecule has 0 radical (unpaired) electrons. The van der Waals surface area contributed by atoms with Crippen LogP contribution in [0.5, 0.6) is 5.75 Å². The molecule has 2 aliphatic heterocycles. The van der Waals surface area contributed by atoms with Gasteiger partial charge in [-0.2, -0.15) is 0 Å². The van der Waals surface area contributed by atoms with Crippen molar-refractivity contribution in [1.82, 2.24) is 9.55 Å². The van der Waals surface area contributed by atoms with Crippen LogP contribution in [0.4, 0.5) is 4.39 Å². The summed E-state index contributed by atoms with van der Waals surface area (Å²) in [6.07, 6.45) is -0.493. The molecule has 158 valence electrons. The Bertz CT molecular complexity index is 1330. The molecule has 3 heterocycles. The van der Waals surface area contributed by atoms with Gasteiger partial charge in [-0.25, -0.2) is 13.8 Å². The summed E-state index contributed by atoms with van der Waals surface area (Å²) in [4.78, 5) is 25.6. The number of aliphatic hydroxyl groups excluding tert-OH is 1. The van der Waals surface area contributed by atoms with Crippen molar-refractivity contribution in [2.75, 3.05) is 6.56 Å². The van der Waals surface area contributed by atoms with Crippen LogP contribution in [0.25, 0.3) is 0 Å². The zero-order chi connectivity index (χ0) is 24.2. The zero-order valence-electron chi connectivity index (χ0n) is 18.0. The highest BCUT2D eigenvalue weighted by Crippen LogP contribution is 2.55. The molecule has 0 aliphatic carbocycles. The lowest BCUT2D eigenvalue weighted by atomic mass is 10.2. The maximum Gasteiger partial charge on any atom is 0.530 e. The molecule has 1 fully saturated rings. The molecule has 1 saturated heterocycles. The number of aromatic amines is 1. The molecule has 2 aliphatic rings. The van der Waals surface area contributed by atoms with E-state index in [1.54, 1.807) is 23.2 Å². The third-order valence-electron chi connectivity index (χ3n) is 4.21. The summed E-state index contributed by atoms with van der Waals surface area (Å²) in [6, 6.07) is 6.23. The number of phosphoric acid groups is 1. The monoisotopic (exact) mass is 441 g/mol. The summed E-state index contributed by atoms with van der Waals surface area (Å²) in [6.45, 7) is -3.88. The molecule has 0 spiro atoms. The highest BCUT2D eigenvalue weighted by molar-refractivity contribution is 7.49. The van der Waals surface area contributed by atoms with Crippen molar-refractivity contribution in [1.29, 1.82) is 0 Å². The number of aliphatic hydroxyl groups is 1. The Morgan fingerprint density at radius 3 is 3.07 bits per heavy atom. The van der Waals surface area contributed by atoms with E-state index in [4.69, 9.17) is 28.8 Å². The number of ether oxygens (including phenoxy) is 1. The molecule has 4 atom stereocenters. The summed E-state index contributed by atoms with van der Waals surface area (Å²) in [5.41, 5.74) is -2.19. The van der Waals surface area contributed by atoms with Crippen LogP contribution < -0.4 is 15.8 Å². The second-order valence-electron chi connectivity index (χ2n) is 6.32. The largest absolute Gasteiger partial charge is 0.530 e. The van der Waals surface area contributed by atoms with Gasteiger partial charge < -0.3 is 14.4 Å². The van der Waals surface area contributed by atoms with E-state index in [0.717, 1.165) is 0 Å². The lowest BCUT2D eigenvalue weighted by Gasteiger charge is -2.27. The summed E-state index contributed by atoms with van der Waals surface area (Å²) in [7, 11) is -4.71. The molecule has 1 unspecified atom stereocenters. The van der Waals surface area contributed by atoms with Crippen molar-refractivity contribution in [2.24, 2.45) is 0 Å². The highest BCUT2D eigenvalue weighted by Gasteiger charge is 2.50. The summed E-state index contributed by atoms with van der Waals surface area (Å²) in [5.74, 6) is -1.59. The number of hydrogen-bond acceptors (Lipinski definition) is 8. The minimum atomic E-state index is -4.71. The average Bonchev–Trinajstić information content (AvgIpc) is 2.97. The van der Waals surface area contributed by atoms with Gasteiger partial charge in [-0.05, 0) is 6.07 Å². The molecule has 0 bridgehead atoms. The number of hydrogen-bond donors (Lipinski definition) is 2. The third kappa shape index (κ3) is 3.84. The number of phosphoric ester groups is 1. The first-order valence-corrected chi connectivity index (χ1v) is 9.92. The molecule has 0 amide bonds. The number of nitrogens with one attached hydrogen (secondary N) is 1. The van der Waals surface area contributed by atoms with Gasteiger partial charge in [0.15, 0.2) is 6.20 Å². The summed E-state index contributed by atoms with van der Waals surface area (Å²) in [5, 5.41) is 10.3. The molecule has 2 aromatic rings. The van der Waals surface area contributed by atoms with Crippen LogP contribution in [-0.4, -0.2) is 33.2 Å². The van der Waals surface area contributed by atoms with E-state index < -0.39 is 55.8 Å². The topological polar surface area (TPSA) is 129 Å². The minimum Gasteiger partial charge on any atom is -0.404 e. The number of nitrogens with zero attached hydrogens (tertiary/aromatic N) is 1. The van der Waals surface area contributed by atoms with Gasteiger partial charge in [-0.1, -0.05) is 24.1 Å². The Labute approximate surface area is 173 Å². The third-order valence-corrected chi connectivity index (χ3v) is 5.39. The van der Waals surface area contributed by atoms with Gasteiger partial charge in [0, 0.05) is 18.2 Å². The average molecular weight is 441 g/mol. The molecule has 4 rings (SSSR count). The number of alkyl halides is 1. The number of rotatable bonds is 4. The van der Waals surface area contributed by atoms with Crippen molar-refractivity contribution in [2.45, 2.75) is 31.2 Å². The fraction of sp³-hybridized carbons (Fsp3) is 0.333. The van der Waals surface area contributed by atoms with E-state index >= 15 is 4.39 Å². The van der Waals surface area contributed by atoms with E-state index in [-0.39, 0.29) is 12.4 Å². The Balaban J connectivity index is 1.65. The lowest BCUT2D eigenvalue weighted by molar-refractivity contribution is -0.179. The molecule has 30 heavy (non-hydrogen) atoms. The molecule has 1 aromatic heterocycles. The second kappa shape index (κ2) is 7.50. The van der Waals surface area contributed by atoms with E-state index in [1.807, 2.05) is 5.92 Å². The van der Waals surface area contributed by atoms with Crippen LogP contribution in [-0.2, 0) is 25.0 Å². The lowest BCUT2D eigenvalue weighted by Crippen LogP contribution is -2.37. The number of benzene rings is 1. The predicted octanol–water partition coefficient (Wildman–Crippen LogP) is 1.20. The first-order chi connectivity index (χ1) is 15.3. The Morgan fingerprint density at radius 2 is 2.30 bits per heavy atom. The van der Waals surface area contributed by atoms with Crippen LogP contribution in [0.1, 0.15) is 27.9 Å².